The fourth-order valence-electron chi connectivity index (χ4n) is 1.47. The molecular weight excluding hydrogens is 208 g/mol. The third kappa shape index (κ3) is 2.26. The molecule has 0 fully saturated rings. The Morgan fingerprint density at radius 2 is 2.31 bits per heavy atom. The van der Waals surface area contributed by atoms with Gasteiger partial charge in [-0.3, -0.25) is 4.68 Å². The lowest BCUT2D eigenvalue weighted by molar-refractivity contribution is -0.141. The maximum Gasteiger partial charge on any atom is 0.328 e. The summed E-state index contributed by atoms with van der Waals surface area (Å²) in [5, 5.41) is 7.23. The number of nitrogens with zero attached hydrogens (tertiary/aromatic N) is 2. The molecular formula is C10H18N4O2. The number of anilines is 2. The molecule has 0 aliphatic heterocycles. The molecule has 90 valence electrons. The van der Waals surface area contributed by atoms with Crippen LogP contribution in [0.1, 0.15) is 19.5 Å². The van der Waals surface area contributed by atoms with Gasteiger partial charge in [-0.15, -0.1) is 0 Å². The Bertz CT molecular complexity index is 386. The summed E-state index contributed by atoms with van der Waals surface area (Å²) >= 11 is 0. The van der Waals surface area contributed by atoms with Crippen LogP contribution in [0, 0.1) is 0 Å². The minimum Gasteiger partial charge on any atom is -0.467 e. The predicted molar refractivity (Wildman–Crippen MR) is 62.1 cm³/mol. The van der Waals surface area contributed by atoms with Crippen molar-refractivity contribution in [1.29, 1.82) is 0 Å². The summed E-state index contributed by atoms with van der Waals surface area (Å²) in [6.45, 7) is 3.69. The number of rotatable bonds is 4. The topological polar surface area (TPSA) is 82.2 Å². The van der Waals surface area contributed by atoms with Crippen molar-refractivity contribution in [3.05, 3.63) is 5.69 Å². The molecule has 0 saturated heterocycles. The number of aromatic nitrogens is 2. The van der Waals surface area contributed by atoms with E-state index < -0.39 is 6.04 Å². The molecule has 0 spiro atoms. The molecule has 0 aromatic carbocycles. The molecule has 1 aromatic heterocycles. The van der Waals surface area contributed by atoms with Gasteiger partial charge in [0.1, 0.15) is 11.9 Å². The number of aryl methyl sites for hydroxylation is 2. The summed E-state index contributed by atoms with van der Waals surface area (Å²) in [6, 6.07) is -0.451. The lowest BCUT2D eigenvalue weighted by Crippen LogP contribution is -2.28. The maximum atomic E-state index is 11.3. The van der Waals surface area contributed by atoms with Crippen molar-refractivity contribution in [2.45, 2.75) is 26.3 Å². The Labute approximate surface area is 94.8 Å². The third-order valence-corrected chi connectivity index (χ3v) is 2.40. The highest BCUT2D eigenvalue weighted by Crippen LogP contribution is 2.22. The normalized spacial score (nSPS) is 12.2. The Balaban J connectivity index is 2.89. The quantitative estimate of drug-likeness (QED) is 0.732. The molecule has 0 bridgehead atoms. The molecule has 0 amide bonds. The molecule has 1 rings (SSSR count). The standard InChI is InChI=1S/C10H18N4O2/c1-5-7-8(11)9(14(3)13-7)12-6(2)10(15)16-4/h6,12H,5,11H2,1-4H3. The van der Waals surface area contributed by atoms with Crippen LogP contribution < -0.4 is 11.1 Å². The van der Waals surface area contributed by atoms with Crippen LogP contribution in [0.5, 0.6) is 0 Å². The van der Waals surface area contributed by atoms with Crippen LogP contribution in [0.25, 0.3) is 0 Å². The van der Waals surface area contributed by atoms with Crippen LogP contribution in [0.3, 0.4) is 0 Å². The summed E-state index contributed by atoms with van der Waals surface area (Å²) in [7, 11) is 3.13. The van der Waals surface area contributed by atoms with Crippen molar-refractivity contribution in [2.24, 2.45) is 7.05 Å². The lowest BCUT2D eigenvalue weighted by Gasteiger charge is -2.13. The summed E-state index contributed by atoms with van der Waals surface area (Å²) < 4.78 is 6.26. The van der Waals surface area contributed by atoms with Gasteiger partial charge in [-0.1, -0.05) is 6.92 Å². The molecule has 3 N–H and O–H groups in total. The van der Waals surface area contributed by atoms with Gasteiger partial charge < -0.3 is 15.8 Å². The molecule has 6 nitrogen and oxygen atoms in total. The van der Waals surface area contributed by atoms with Gasteiger partial charge in [-0.25, -0.2) is 4.79 Å². The zero-order valence-corrected chi connectivity index (χ0v) is 10.1. The summed E-state index contributed by atoms with van der Waals surface area (Å²) in [5.41, 5.74) is 7.31. The fraction of sp³-hybridized carbons (Fsp3) is 0.600. The SMILES string of the molecule is CCc1nn(C)c(NC(C)C(=O)OC)c1N. The second-order valence-corrected chi connectivity index (χ2v) is 3.58. The molecule has 1 heterocycles. The van der Waals surface area contributed by atoms with E-state index in [-0.39, 0.29) is 5.97 Å². The van der Waals surface area contributed by atoms with E-state index in [9.17, 15) is 4.79 Å². The molecule has 1 unspecified atom stereocenters. The first-order chi connectivity index (χ1) is 7.51. The highest BCUT2D eigenvalue weighted by atomic mass is 16.5. The van der Waals surface area contributed by atoms with Gasteiger partial charge in [0.15, 0.2) is 0 Å². The van der Waals surface area contributed by atoms with E-state index in [0.29, 0.717) is 11.5 Å². The molecule has 0 radical (unpaired) electrons. The van der Waals surface area contributed by atoms with Crippen molar-refractivity contribution >= 4 is 17.5 Å². The number of carbonyl (C=O) groups is 1. The molecule has 0 aliphatic rings. The van der Waals surface area contributed by atoms with Crippen molar-refractivity contribution in [3.8, 4) is 0 Å². The van der Waals surface area contributed by atoms with E-state index in [1.807, 2.05) is 6.92 Å². The Hall–Kier alpha value is -1.72. The zero-order chi connectivity index (χ0) is 12.3. The first-order valence-corrected chi connectivity index (χ1v) is 5.16. The predicted octanol–water partition coefficient (Wildman–Crippen LogP) is 0.538. The first kappa shape index (κ1) is 12.4. The number of nitrogen functional groups attached to an aromatic ring is 1. The monoisotopic (exact) mass is 226 g/mol. The fourth-order valence-corrected chi connectivity index (χ4v) is 1.47. The summed E-state index contributed by atoms with van der Waals surface area (Å²) in [6.07, 6.45) is 0.758. The van der Waals surface area contributed by atoms with Gasteiger partial charge >= 0.3 is 5.97 Å². The first-order valence-electron chi connectivity index (χ1n) is 5.16. The van der Waals surface area contributed by atoms with Gasteiger partial charge in [0.05, 0.1) is 18.5 Å². The minimum atomic E-state index is -0.451. The molecule has 6 heteroatoms. The van der Waals surface area contributed by atoms with Crippen molar-refractivity contribution < 1.29 is 9.53 Å². The second kappa shape index (κ2) is 4.87. The number of hydrogen-bond acceptors (Lipinski definition) is 5. The molecule has 16 heavy (non-hydrogen) atoms. The summed E-state index contributed by atoms with van der Waals surface area (Å²) in [4.78, 5) is 11.3. The van der Waals surface area contributed by atoms with Crippen LogP contribution in [-0.2, 0) is 23.0 Å². The van der Waals surface area contributed by atoms with E-state index in [1.54, 1.807) is 18.7 Å². The van der Waals surface area contributed by atoms with Gasteiger partial charge in [-0.05, 0) is 13.3 Å². The Morgan fingerprint density at radius 3 is 2.75 bits per heavy atom. The third-order valence-electron chi connectivity index (χ3n) is 2.40. The van der Waals surface area contributed by atoms with Gasteiger partial charge in [0.2, 0.25) is 0 Å². The second-order valence-electron chi connectivity index (χ2n) is 3.58. The Kier molecular flexibility index (Phi) is 3.76. The van der Waals surface area contributed by atoms with E-state index in [2.05, 4.69) is 15.2 Å². The smallest absolute Gasteiger partial charge is 0.328 e. The Morgan fingerprint density at radius 1 is 1.69 bits per heavy atom. The number of nitrogens with two attached hydrogens (primary N) is 1. The minimum absolute atomic E-state index is 0.335. The van der Waals surface area contributed by atoms with Crippen LogP contribution in [0.4, 0.5) is 11.5 Å². The maximum absolute atomic E-state index is 11.3. The van der Waals surface area contributed by atoms with E-state index >= 15 is 0 Å². The molecule has 0 aliphatic carbocycles. The van der Waals surface area contributed by atoms with Crippen LogP contribution in [-0.4, -0.2) is 28.9 Å². The number of hydrogen-bond donors (Lipinski definition) is 2. The van der Waals surface area contributed by atoms with Gasteiger partial charge in [-0.2, -0.15) is 5.10 Å². The average molecular weight is 226 g/mol. The number of esters is 1. The van der Waals surface area contributed by atoms with Crippen molar-refractivity contribution in [3.63, 3.8) is 0 Å². The molecule has 0 saturated carbocycles. The van der Waals surface area contributed by atoms with E-state index in [4.69, 9.17) is 5.73 Å². The van der Waals surface area contributed by atoms with Crippen molar-refractivity contribution in [2.75, 3.05) is 18.2 Å². The number of carbonyl (C=O) groups excluding carboxylic acids is 1. The average Bonchev–Trinajstić information content (AvgIpc) is 2.55. The van der Waals surface area contributed by atoms with Crippen LogP contribution in [0.2, 0.25) is 0 Å². The highest BCUT2D eigenvalue weighted by Gasteiger charge is 2.18. The van der Waals surface area contributed by atoms with E-state index in [1.165, 1.54) is 7.11 Å². The number of nitrogens with one attached hydrogen (secondary N) is 1. The zero-order valence-electron chi connectivity index (χ0n) is 10.1. The molecule has 1 aromatic rings. The lowest BCUT2D eigenvalue weighted by atomic mass is 10.3. The van der Waals surface area contributed by atoms with Crippen LogP contribution in [0.15, 0.2) is 0 Å². The van der Waals surface area contributed by atoms with Gasteiger partial charge in [0, 0.05) is 7.05 Å². The van der Waals surface area contributed by atoms with E-state index in [0.717, 1.165) is 12.1 Å². The summed E-state index contributed by atoms with van der Waals surface area (Å²) in [5.74, 6) is 0.313. The highest BCUT2D eigenvalue weighted by molar-refractivity contribution is 5.80. The molecule has 1 atom stereocenters. The number of methoxy groups -OCH3 is 1. The number of ether oxygens (including phenoxy) is 1. The van der Waals surface area contributed by atoms with Gasteiger partial charge in [0.25, 0.3) is 0 Å². The van der Waals surface area contributed by atoms with Crippen molar-refractivity contribution in [1.82, 2.24) is 9.78 Å². The van der Waals surface area contributed by atoms with Crippen LogP contribution >= 0.6 is 0 Å². The largest absolute Gasteiger partial charge is 0.467 e.